The Morgan fingerprint density at radius 1 is 1.10 bits per heavy atom. The highest BCUT2D eigenvalue weighted by atomic mass is 32.1. The van der Waals surface area contributed by atoms with Gasteiger partial charge in [-0.1, -0.05) is 29.8 Å². The minimum absolute atomic E-state index is 0.225. The minimum Gasteiger partial charge on any atom is -0.394 e. The summed E-state index contributed by atoms with van der Waals surface area (Å²) < 4.78 is 0. The van der Waals surface area contributed by atoms with Gasteiger partial charge in [-0.2, -0.15) is 0 Å². The summed E-state index contributed by atoms with van der Waals surface area (Å²) in [6.45, 7) is 1.57. The minimum atomic E-state index is -0.628. The molecular weight excluding hydrogens is 384 g/mol. The Balaban J connectivity index is 1.77. The van der Waals surface area contributed by atoms with Gasteiger partial charge in [-0.25, -0.2) is 0 Å². The Bertz CT molecular complexity index is 920. The number of fused-ring (bicyclic) bond motifs is 2. The van der Waals surface area contributed by atoms with Crippen LogP contribution in [0, 0.1) is 0 Å². The first-order chi connectivity index (χ1) is 14.1. The molecule has 0 bridgehead atoms. The van der Waals surface area contributed by atoms with Crippen LogP contribution in [-0.4, -0.2) is 60.4 Å². The molecule has 2 aliphatic rings. The molecule has 6 heteroatoms. The van der Waals surface area contributed by atoms with Crippen LogP contribution < -0.4 is 5.32 Å². The summed E-state index contributed by atoms with van der Waals surface area (Å²) in [7, 11) is 2.17. The van der Waals surface area contributed by atoms with Gasteiger partial charge in [0.15, 0.2) is 0 Å². The number of rotatable bonds is 4. The highest BCUT2D eigenvalue weighted by molar-refractivity contribution is 7.14. The normalized spacial score (nSPS) is 17.1. The molecule has 154 valence electrons. The smallest absolute Gasteiger partial charge is 0.261 e. The van der Waals surface area contributed by atoms with Gasteiger partial charge in [0.2, 0.25) is 0 Å². The van der Waals surface area contributed by atoms with Crippen molar-refractivity contribution in [1.29, 1.82) is 0 Å². The fourth-order valence-electron chi connectivity index (χ4n) is 4.24. The maximum absolute atomic E-state index is 12.7. The number of aliphatic hydroxyl groups excluding tert-OH is 2. The zero-order valence-corrected chi connectivity index (χ0v) is 17.6. The molecule has 5 nitrogen and oxygen atoms in total. The largest absolute Gasteiger partial charge is 0.394 e. The summed E-state index contributed by atoms with van der Waals surface area (Å²) in [6.07, 6.45) is 3.99. The Hall–Kier alpha value is -1.99. The van der Waals surface area contributed by atoms with Crippen molar-refractivity contribution in [1.82, 2.24) is 10.2 Å². The lowest BCUT2D eigenvalue weighted by Crippen LogP contribution is -2.39. The number of nitrogens with zero attached hydrogens (tertiary/aromatic N) is 1. The van der Waals surface area contributed by atoms with Gasteiger partial charge in [0.05, 0.1) is 24.1 Å². The van der Waals surface area contributed by atoms with Gasteiger partial charge in [-0.3, -0.25) is 4.79 Å². The van der Waals surface area contributed by atoms with Crippen molar-refractivity contribution >= 4 is 22.8 Å². The highest BCUT2D eigenvalue weighted by Crippen LogP contribution is 2.41. The van der Waals surface area contributed by atoms with E-state index in [1.807, 2.05) is 6.07 Å². The fraction of sp³-hybridized carbons (Fsp3) is 0.435. The standard InChI is InChI=1S/C23H28N2O3S/c1-25-10-8-16(9-11-25)22-18-5-3-2-4-15(18)6-7-20-19(22)12-21(29-20)23(28)24-17(13-26)14-27/h2-5,12,17,26-27H,6-11,13-14H2,1H3,(H,24,28). The van der Waals surface area contributed by atoms with Crippen molar-refractivity contribution < 1.29 is 15.0 Å². The van der Waals surface area contributed by atoms with Crippen LogP contribution in [0.4, 0.5) is 0 Å². The quantitative estimate of drug-likeness (QED) is 0.721. The number of benzene rings is 1. The zero-order chi connectivity index (χ0) is 20.4. The predicted octanol–water partition coefficient (Wildman–Crippen LogP) is 2.46. The average molecular weight is 413 g/mol. The van der Waals surface area contributed by atoms with Gasteiger partial charge in [-0.05, 0) is 61.1 Å². The number of aryl methyl sites for hydroxylation is 2. The van der Waals surface area contributed by atoms with E-state index in [0.717, 1.165) is 38.8 Å². The first kappa shape index (κ1) is 20.3. The second kappa shape index (κ2) is 8.79. The van der Waals surface area contributed by atoms with Gasteiger partial charge in [0, 0.05) is 18.0 Å². The molecule has 2 heterocycles. The summed E-state index contributed by atoms with van der Waals surface area (Å²) in [5.41, 5.74) is 6.67. The molecule has 1 saturated heterocycles. The second-order valence-electron chi connectivity index (χ2n) is 7.92. The number of hydrogen-bond acceptors (Lipinski definition) is 5. The Labute approximate surface area is 175 Å². The summed E-state index contributed by atoms with van der Waals surface area (Å²) >= 11 is 1.54. The molecule has 0 atom stereocenters. The predicted molar refractivity (Wildman–Crippen MR) is 116 cm³/mol. The number of hydrogen-bond donors (Lipinski definition) is 3. The van der Waals surface area contributed by atoms with Crippen LogP contribution in [0.15, 0.2) is 35.9 Å². The highest BCUT2D eigenvalue weighted by Gasteiger charge is 2.26. The molecule has 0 saturated carbocycles. The number of aliphatic hydroxyl groups is 2. The fourth-order valence-corrected chi connectivity index (χ4v) is 5.31. The van der Waals surface area contributed by atoms with Gasteiger partial charge in [0.25, 0.3) is 5.91 Å². The second-order valence-corrected chi connectivity index (χ2v) is 9.06. The summed E-state index contributed by atoms with van der Waals surface area (Å²) in [6, 6.07) is 10.0. The Kier molecular flexibility index (Phi) is 6.15. The number of carbonyl (C=O) groups excluding carboxylic acids is 1. The molecule has 29 heavy (non-hydrogen) atoms. The monoisotopic (exact) mass is 412 g/mol. The van der Waals surface area contributed by atoms with E-state index in [0.29, 0.717) is 4.88 Å². The van der Waals surface area contributed by atoms with E-state index in [1.165, 1.54) is 44.1 Å². The van der Waals surface area contributed by atoms with E-state index < -0.39 is 6.04 Å². The lowest BCUT2D eigenvalue weighted by molar-refractivity contribution is 0.0883. The first-order valence-corrected chi connectivity index (χ1v) is 11.1. The van der Waals surface area contributed by atoms with Gasteiger partial charge in [0.1, 0.15) is 0 Å². The number of nitrogens with one attached hydrogen (secondary N) is 1. The number of thiophene rings is 1. The van der Waals surface area contributed by atoms with Crippen LogP contribution in [0.5, 0.6) is 0 Å². The molecule has 1 aliphatic heterocycles. The maximum atomic E-state index is 12.7. The average Bonchev–Trinajstić information content (AvgIpc) is 3.10. The molecule has 2 aromatic rings. The molecule has 0 radical (unpaired) electrons. The third-order valence-corrected chi connectivity index (χ3v) is 7.12. The Morgan fingerprint density at radius 3 is 2.55 bits per heavy atom. The van der Waals surface area contributed by atoms with Crippen LogP contribution in [0.25, 0.3) is 5.57 Å². The van der Waals surface area contributed by atoms with Crippen molar-refractivity contribution in [3.05, 3.63) is 62.3 Å². The van der Waals surface area contributed by atoms with Crippen LogP contribution in [0.3, 0.4) is 0 Å². The van der Waals surface area contributed by atoms with Crippen molar-refractivity contribution in [3.8, 4) is 0 Å². The van der Waals surface area contributed by atoms with E-state index in [9.17, 15) is 15.0 Å². The molecular formula is C23H28N2O3S. The van der Waals surface area contributed by atoms with E-state index in [2.05, 4.69) is 41.5 Å². The van der Waals surface area contributed by atoms with Crippen molar-refractivity contribution in [2.75, 3.05) is 33.4 Å². The number of amides is 1. The molecule has 0 unspecified atom stereocenters. The molecule has 0 spiro atoms. The van der Waals surface area contributed by atoms with Gasteiger partial charge in [-0.15, -0.1) is 11.3 Å². The lowest BCUT2D eigenvalue weighted by atomic mass is 9.87. The van der Waals surface area contributed by atoms with Crippen LogP contribution >= 0.6 is 11.3 Å². The van der Waals surface area contributed by atoms with Gasteiger partial charge >= 0.3 is 0 Å². The molecule has 1 aromatic heterocycles. The van der Waals surface area contributed by atoms with E-state index in [1.54, 1.807) is 0 Å². The summed E-state index contributed by atoms with van der Waals surface area (Å²) in [4.78, 5) is 17.0. The van der Waals surface area contributed by atoms with E-state index in [-0.39, 0.29) is 19.1 Å². The van der Waals surface area contributed by atoms with Crippen LogP contribution in [0.2, 0.25) is 0 Å². The van der Waals surface area contributed by atoms with Crippen LogP contribution in [0.1, 0.15) is 44.1 Å². The van der Waals surface area contributed by atoms with Crippen molar-refractivity contribution in [3.63, 3.8) is 0 Å². The first-order valence-electron chi connectivity index (χ1n) is 10.2. The van der Waals surface area contributed by atoms with E-state index >= 15 is 0 Å². The number of piperidine rings is 1. The van der Waals surface area contributed by atoms with Gasteiger partial charge < -0.3 is 20.4 Å². The molecule has 1 fully saturated rings. The third kappa shape index (κ3) is 4.16. The van der Waals surface area contributed by atoms with Crippen molar-refractivity contribution in [2.24, 2.45) is 0 Å². The summed E-state index contributed by atoms with van der Waals surface area (Å²) in [5, 5.41) is 21.3. The number of likely N-dealkylation sites (tertiary alicyclic amines) is 1. The number of carbonyl (C=O) groups is 1. The van der Waals surface area contributed by atoms with Crippen molar-refractivity contribution in [2.45, 2.75) is 31.7 Å². The summed E-state index contributed by atoms with van der Waals surface area (Å²) in [5.74, 6) is -0.225. The topological polar surface area (TPSA) is 72.8 Å². The van der Waals surface area contributed by atoms with E-state index in [4.69, 9.17) is 0 Å². The Morgan fingerprint density at radius 2 is 1.83 bits per heavy atom. The molecule has 1 amide bonds. The SMILES string of the molecule is CN1CCC(=C2c3ccccc3CCc3sc(C(=O)NC(CO)CO)cc32)CC1. The maximum Gasteiger partial charge on any atom is 0.261 e. The molecule has 3 N–H and O–H groups in total. The molecule has 1 aromatic carbocycles. The zero-order valence-electron chi connectivity index (χ0n) is 16.8. The lowest BCUT2D eigenvalue weighted by Gasteiger charge is -2.27. The molecule has 4 rings (SSSR count). The molecule has 1 aliphatic carbocycles. The third-order valence-electron chi connectivity index (χ3n) is 5.93. The van der Waals surface area contributed by atoms with Crippen LogP contribution in [-0.2, 0) is 12.8 Å².